The lowest BCUT2D eigenvalue weighted by Crippen LogP contribution is -2.45. The zero-order valence-electron chi connectivity index (χ0n) is 11.1. The number of rotatable bonds is 9. The van der Waals surface area contributed by atoms with E-state index in [0.29, 0.717) is 12.0 Å². The van der Waals surface area contributed by atoms with Crippen molar-refractivity contribution in [3.8, 4) is 0 Å². The third-order valence-electron chi connectivity index (χ3n) is 3.38. The van der Waals surface area contributed by atoms with Crippen LogP contribution in [0.2, 0.25) is 0 Å². The van der Waals surface area contributed by atoms with Crippen LogP contribution in [0, 0.1) is 11.8 Å². The SMILES string of the molecule is CCCC(C)C(NN)C(CCC)CCC. The molecule has 2 unspecified atom stereocenters. The summed E-state index contributed by atoms with van der Waals surface area (Å²) in [4.78, 5) is 0. The predicted octanol–water partition coefficient (Wildman–Crippen LogP) is 3.47. The van der Waals surface area contributed by atoms with Gasteiger partial charge in [-0.1, -0.05) is 47.0 Å². The summed E-state index contributed by atoms with van der Waals surface area (Å²) in [7, 11) is 0. The van der Waals surface area contributed by atoms with Gasteiger partial charge in [0.25, 0.3) is 0 Å². The van der Waals surface area contributed by atoms with E-state index in [-0.39, 0.29) is 0 Å². The first-order chi connectivity index (χ1) is 7.21. The molecule has 15 heavy (non-hydrogen) atoms. The summed E-state index contributed by atoms with van der Waals surface area (Å²) < 4.78 is 0. The Morgan fingerprint density at radius 1 is 0.933 bits per heavy atom. The predicted molar refractivity (Wildman–Crippen MR) is 68.5 cm³/mol. The van der Waals surface area contributed by atoms with Gasteiger partial charge in [-0.15, -0.1) is 0 Å². The summed E-state index contributed by atoms with van der Waals surface area (Å²) in [5.74, 6) is 7.17. The van der Waals surface area contributed by atoms with E-state index in [1.807, 2.05) is 0 Å². The van der Waals surface area contributed by atoms with Crippen LogP contribution >= 0.6 is 0 Å². The van der Waals surface area contributed by atoms with Gasteiger partial charge < -0.3 is 0 Å². The molecule has 0 heterocycles. The molecule has 0 radical (unpaired) electrons. The summed E-state index contributed by atoms with van der Waals surface area (Å²) in [6.45, 7) is 9.10. The minimum atomic E-state index is 0.504. The Kier molecular flexibility index (Phi) is 9.12. The van der Waals surface area contributed by atoms with Gasteiger partial charge in [0.1, 0.15) is 0 Å². The molecule has 0 aliphatic rings. The molecule has 0 saturated heterocycles. The molecule has 0 spiro atoms. The number of nitrogens with one attached hydrogen (secondary N) is 1. The van der Waals surface area contributed by atoms with Crippen LogP contribution in [0.15, 0.2) is 0 Å². The van der Waals surface area contributed by atoms with E-state index in [2.05, 4.69) is 33.1 Å². The third-order valence-corrected chi connectivity index (χ3v) is 3.38. The molecular weight excluding hydrogens is 184 g/mol. The zero-order valence-corrected chi connectivity index (χ0v) is 11.1. The first kappa shape index (κ1) is 14.9. The third kappa shape index (κ3) is 5.53. The molecule has 0 aliphatic heterocycles. The van der Waals surface area contributed by atoms with Crippen LogP contribution in [0.5, 0.6) is 0 Å². The van der Waals surface area contributed by atoms with E-state index in [1.165, 1.54) is 38.5 Å². The molecule has 0 saturated carbocycles. The first-order valence-electron chi connectivity index (χ1n) is 6.67. The maximum Gasteiger partial charge on any atom is 0.0264 e. The van der Waals surface area contributed by atoms with Crippen molar-refractivity contribution in [1.82, 2.24) is 5.43 Å². The summed E-state index contributed by atoms with van der Waals surface area (Å²) in [5.41, 5.74) is 3.06. The first-order valence-corrected chi connectivity index (χ1v) is 6.67. The highest BCUT2D eigenvalue weighted by molar-refractivity contribution is 4.79. The molecule has 0 amide bonds. The van der Waals surface area contributed by atoms with Gasteiger partial charge in [-0.2, -0.15) is 0 Å². The van der Waals surface area contributed by atoms with Crippen LogP contribution in [-0.2, 0) is 0 Å². The van der Waals surface area contributed by atoms with Crippen molar-refractivity contribution in [2.45, 2.75) is 72.3 Å². The Bertz CT molecular complexity index is 130. The smallest absolute Gasteiger partial charge is 0.0264 e. The fraction of sp³-hybridized carbons (Fsp3) is 1.00. The Morgan fingerprint density at radius 3 is 1.73 bits per heavy atom. The van der Waals surface area contributed by atoms with Gasteiger partial charge in [0.2, 0.25) is 0 Å². The summed E-state index contributed by atoms with van der Waals surface area (Å²) in [5, 5.41) is 0. The summed E-state index contributed by atoms with van der Waals surface area (Å²) in [6, 6.07) is 0.504. The number of hydrazine groups is 1. The second-order valence-electron chi connectivity index (χ2n) is 4.80. The van der Waals surface area contributed by atoms with Crippen molar-refractivity contribution < 1.29 is 0 Å². The molecular formula is C13H30N2. The molecule has 0 aromatic heterocycles. The molecule has 3 N–H and O–H groups in total. The zero-order chi connectivity index (χ0) is 11.7. The highest BCUT2D eigenvalue weighted by Gasteiger charge is 2.23. The normalized spacial score (nSPS) is 15.6. The lowest BCUT2D eigenvalue weighted by Gasteiger charge is -2.31. The maximum atomic E-state index is 5.72. The lowest BCUT2D eigenvalue weighted by molar-refractivity contribution is 0.234. The van der Waals surface area contributed by atoms with Crippen molar-refractivity contribution in [3.05, 3.63) is 0 Å². The minimum Gasteiger partial charge on any atom is -0.271 e. The molecule has 2 atom stereocenters. The van der Waals surface area contributed by atoms with Crippen molar-refractivity contribution >= 4 is 0 Å². The van der Waals surface area contributed by atoms with Gasteiger partial charge in [0.05, 0.1) is 0 Å². The Balaban J connectivity index is 4.28. The molecule has 92 valence electrons. The Labute approximate surface area is 96.0 Å². The standard InChI is InChI=1S/C13H30N2/c1-5-8-11(4)13(15-14)12(9-6-2)10-7-3/h11-13,15H,5-10,14H2,1-4H3. The second-order valence-corrected chi connectivity index (χ2v) is 4.80. The van der Waals surface area contributed by atoms with Crippen molar-refractivity contribution in [3.63, 3.8) is 0 Å². The van der Waals surface area contributed by atoms with Crippen LogP contribution in [0.25, 0.3) is 0 Å². The van der Waals surface area contributed by atoms with Gasteiger partial charge in [-0.05, 0) is 31.1 Å². The molecule has 0 rings (SSSR count). The van der Waals surface area contributed by atoms with Crippen LogP contribution in [0.1, 0.15) is 66.2 Å². The molecule has 0 aromatic carbocycles. The second kappa shape index (κ2) is 9.17. The van der Waals surface area contributed by atoms with Crippen LogP contribution < -0.4 is 11.3 Å². The Morgan fingerprint density at radius 2 is 1.40 bits per heavy atom. The number of nitrogens with two attached hydrogens (primary N) is 1. The molecule has 0 bridgehead atoms. The molecule has 0 aromatic rings. The average Bonchev–Trinajstić information content (AvgIpc) is 2.20. The van der Waals surface area contributed by atoms with Crippen LogP contribution in [0.4, 0.5) is 0 Å². The molecule has 0 fully saturated rings. The largest absolute Gasteiger partial charge is 0.271 e. The number of hydrogen-bond acceptors (Lipinski definition) is 2. The van der Waals surface area contributed by atoms with Gasteiger partial charge >= 0.3 is 0 Å². The summed E-state index contributed by atoms with van der Waals surface area (Å²) >= 11 is 0. The van der Waals surface area contributed by atoms with Gasteiger partial charge in [-0.3, -0.25) is 11.3 Å². The van der Waals surface area contributed by atoms with Crippen LogP contribution in [0.3, 0.4) is 0 Å². The van der Waals surface area contributed by atoms with Gasteiger partial charge in [-0.25, -0.2) is 0 Å². The molecule has 2 nitrogen and oxygen atoms in total. The lowest BCUT2D eigenvalue weighted by atomic mass is 9.82. The van der Waals surface area contributed by atoms with E-state index in [0.717, 1.165) is 5.92 Å². The van der Waals surface area contributed by atoms with E-state index in [4.69, 9.17) is 5.84 Å². The van der Waals surface area contributed by atoms with Crippen LogP contribution in [-0.4, -0.2) is 6.04 Å². The Hall–Kier alpha value is -0.0800. The fourth-order valence-electron chi connectivity index (χ4n) is 2.64. The van der Waals surface area contributed by atoms with Crippen molar-refractivity contribution in [1.29, 1.82) is 0 Å². The van der Waals surface area contributed by atoms with E-state index in [1.54, 1.807) is 0 Å². The highest BCUT2D eigenvalue weighted by Crippen LogP contribution is 2.24. The van der Waals surface area contributed by atoms with Gasteiger partial charge in [0, 0.05) is 6.04 Å². The quantitative estimate of drug-likeness (QED) is 0.455. The van der Waals surface area contributed by atoms with E-state index >= 15 is 0 Å². The maximum absolute atomic E-state index is 5.72. The number of hydrogen-bond donors (Lipinski definition) is 2. The van der Waals surface area contributed by atoms with Crippen molar-refractivity contribution in [2.75, 3.05) is 0 Å². The van der Waals surface area contributed by atoms with Crippen molar-refractivity contribution in [2.24, 2.45) is 17.7 Å². The van der Waals surface area contributed by atoms with Gasteiger partial charge in [0.15, 0.2) is 0 Å². The molecule has 2 heteroatoms. The molecule has 0 aliphatic carbocycles. The monoisotopic (exact) mass is 214 g/mol. The highest BCUT2D eigenvalue weighted by atomic mass is 15.2. The average molecular weight is 214 g/mol. The minimum absolute atomic E-state index is 0.504. The summed E-state index contributed by atoms with van der Waals surface area (Å²) in [6.07, 6.45) is 7.67. The van der Waals surface area contributed by atoms with E-state index in [9.17, 15) is 0 Å². The fourth-order valence-corrected chi connectivity index (χ4v) is 2.64. The van der Waals surface area contributed by atoms with E-state index < -0.39 is 0 Å². The topological polar surface area (TPSA) is 38.0 Å².